The number of nitrogens with zero attached hydrogens (tertiary/aromatic N) is 10. The van der Waals surface area contributed by atoms with Crippen LogP contribution < -0.4 is 64.4 Å². The summed E-state index contributed by atoms with van der Waals surface area (Å²) in [6.45, 7) is 45.9. The summed E-state index contributed by atoms with van der Waals surface area (Å²) >= 11 is 11.0. The monoisotopic (exact) mass is 2330 g/mol. The van der Waals surface area contributed by atoms with Crippen molar-refractivity contribution < 1.29 is 149 Å². The molecule has 0 aliphatic carbocycles. The molecule has 34 nitrogen and oxygen atoms in total. The number of hydrogen-bond donors (Lipinski definition) is 6. The van der Waals surface area contributed by atoms with Crippen molar-refractivity contribution in [3.63, 3.8) is 0 Å². The minimum Gasteiger partial charge on any atom is -0.917 e. The van der Waals surface area contributed by atoms with Crippen LogP contribution in [-0.2, 0) is 67.1 Å². The molecule has 7 amide bonds. The molecule has 42 heteroatoms. The van der Waals surface area contributed by atoms with Gasteiger partial charge in [-0.3, -0.25) is 38.8 Å². The topological polar surface area (TPSA) is 440 Å². The summed E-state index contributed by atoms with van der Waals surface area (Å²) < 4.78 is 57.3. The Bertz CT molecular complexity index is 3870. The van der Waals surface area contributed by atoms with Crippen molar-refractivity contribution in [3.05, 3.63) is 60.4 Å². The van der Waals surface area contributed by atoms with Crippen molar-refractivity contribution in [2.45, 2.75) is 371 Å². The number of hydrogen-bond acceptors (Lipinski definition) is 24. The minimum absolute atomic E-state index is 0. The number of carbonyl (C=O) groups is 10. The van der Waals surface area contributed by atoms with E-state index in [0.717, 1.165) is 125 Å². The number of aliphatic hydroxyl groups excluding tert-OH is 1. The molecule has 0 spiro atoms. The number of aldehydes is 3. The number of aromatic amines is 4. The Morgan fingerprint density at radius 3 is 1.11 bits per heavy atom. The second-order valence-corrected chi connectivity index (χ2v) is 40.8. The summed E-state index contributed by atoms with van der Waals surface area (Å²) in [7, 11) is -3.11. The van der Waals surface area contributed by atoms with Gasteiger partial charge in [-0.25, -0.2) is 43.9 Å². The third-order valence-corrected chi connectivity index (χ3v) is 24.8. The Hall–Kier alpha value is -3.34. The fraction of sp³-hybridized carbons (Fsp3) is 0.728. The second kappa shape index (κ2) is 55.7. The van der Waals surface area contributed by atoms with Crippen molar-refractivity contribution in [1.29, 1.82) is 0 Å². The van der Waals surface area contributed by atoms with Crippen LogP contribution >= 0.6 is 113 Å². The molecule has 10 heterocycles. The summed E-state index contributed by atoms with van der Waals surface area (Å²) in [5, 5.41) is 12.0. The zero-order valence-electron chi connectivity index (χ0n) is 75.0. The maximum atomic E-state index is 13.1. The molecule has 6 aliphatic heterocycles. The van der Waals surface area contributed by atoms with Crippen molar-refractivity contribution in [3.8, 4) is 0 Å². The third-order valence-electron chi connectivity index (χ3n) is 19.1. The van der Waals surface area contributed by atoms with E-state index in [1.807, 2.05) is 153 Å². The summed E-state index contributed by atoms with van der Waals surface area (Å²) in [6.07, 6.45) is 16.3. The van der Waals surface area contributed by atoms with Crippen LogP contribution in [0, 0.1) is 24.4 Å². The number of carbonyl (C=O) groups excluding carboxylic acids is 10. The molecule has 6 aliphatic rings. The van der Waals surface area contributed by atoms with E-state index in [1.165, 1.54) is 4.90 Å². The number of aromatic nitrogens is 8. The van der Waals surface area contributed by atoms with E-state index in [4.69, 9.17) is 51.4 Å². The maximum Gasteiger partial charge on any atom is 1.00 e. The molecule has 13 atom stereocenters. The molecule has 4 aromatic heterocycles. The second-order valence-electron chi connectivity index (χ2n) is 35.0. The van der Waals surface area contributed by atoms with Gasteiger partial charge in [-0.15, -0.1) is 0 Å². The molecule has 0 bridgehead atoms. The zero-order valence-corrected chi connectivity index (χ0v) is 90.6. The van der Waals surface area contributed by atoms with Gasteiger partial charge in [0.25, 0.3) is 0 Å². The van der Waals surface area contributed by atoms with Gasteiger partial charge in [0.2, 0.25) is 11.8 Å². The first-order valence-electron chi connectivity index (χ1n) is 39.9. The number of H-pyrrole nitrogens is 4. The fourth-order valence-electron chi connectivity index (χ4n) is 13.8. The number of rotatable bonds is 11. The Morgan fingerprint density at radius 2 is 0.821 bits per heavy atom. The van der Waals surface area contributed by atoms with Crippen LogP contribution in [0.3, 0.4) is 0 Å². The minimum atomic E-state index is -3.11. The predicted molar refractivity (Wildman–Crippen MR) is 501 cm³/mol. The Morgan fingerprint density at radius 1 is 0.504 bits per heavy atom. The standard InChI is InChI=1S/C16H25IN4O2.2C13H19I2N3O2.C13H21N3O2.C11H21NO3.C11H19NO3.C2H2O2.2CH4.2Na.O3S/c1-5-13(22)20-14(9(2)3)16(23)21-10(4)6-7-11(21)15-18-8-12(17)19-15;2*1-7-5-6-8(11-16-9(14)10(15)17-11)18(7)12(19)20-13(2,3)4;1-9-5-6-10(11-14-7-8-15-11)16(9)12(17)18-13(2,3)4;2*1-8-5-6-9(7-13)12(8)10(14)15-11(2,3)4;3-1-2-4;;;;;1-4(2)3/h8-11,14H,5-7H2,1-4H3,(H,18,19)(H,20,22);2*7-8H,5-6H2,1-4H3,(H,16,17);7-10H,5-6H2,1-4H3,(H,14,15);8-9,13H,5-7H2,1-4H3;7-9H,5-6H2,1-4H3;1-2H;2*1H4;;;/q;;;;;;;;;2*+1;-2/t10-,11-,14-;2*7-,8-;9-,10-;2*8-,9-;;;;;;/m000000....../s1. The Labute approximate surface area is 842 Å². The first-order valence-corrected chi connectivity index (χ1v) is 46.3. The van der Waals surface area contributed by atoms with Crippen LogP contribution in [0.2, 0.25) is 0 Å². The Kier molecular flexibility index (Phi) is 55.2. The molecule has 6 saturated heterocycles. The first kappa shape index (κ1) is 122. The SMILES string of the molecule is C.C.CCC(=O)N[C@H](C(=O)N1[C@@H](C)CC[C@H]1c1ncc(I)[nH]1)C(C)C.C[C@H]1CC[C@@H](C=O)N1C(=O)OC(C)(C)C.C[C@H]1CC[C@@H](CO)N1C(=O)OC(C)(C)C.C[C@H]1CC[C@@H](c2nc(I)c(I)[nH]2)N1C(=O)OC(C)(C)C.C[C@H]1CC[C@@H](c2nc(I)c(I)[nH]2)N1C(=O)OC(C)(C)C.C[C@H]1CC[C@@H](c2ncc[nH]2)N1C(=O)OC(C)(C)C.O=CC=O.O=[S-](=O)[O-].[Na+].[Na+]. The molecule has 0 aromatic carbocycles. The van der Waals surface area contributed by atoms with Gasteiger partial charge in [-0.1, -0.05) is 35.6 Å². The molecule has 6 fully saturated rings. The van der Waals surface area contributed by atoms with Gasteiger partial charge in [-0.2, -0.15) is 11.0 Å². The molecule has 6 N–H and O–H groups in total. The van der Waals surface area contributed by atoms with Crippen molar-refractivity contribution in [2.24, 2.45) is 5.92 Å². The first-order chi connectivity index (χ1) is 54.9. The van der Waals surface area contributed by atoms with Crippen LogP contribution in [0.4, 0.5) is 24.0 Å². The third kappa shape index (κ3) is 40.9. The Balaban J connectivity index is 0. The number of ether oxygens (including phenoxy) is 5. The zero-order chi connectivity index (χ0) is 90.9. The van der Waals surface area contributed by atoms with E-state index in [2.05, 4.69) is 179 Å². The van der Waals surface area contributed by atoms with E-state index in [0.29, 0.717) is 6.42 Å². The summed E-state index contributed by atoms with van der Waals surface area (Å²) in [5.74, 6) is 3.32. The quantitative estimate of drug-likeness (QED) is 0.0119. The van der Waals surface area contributed by atoms with E-state index >= 15 is 0 Å². The maximum absolute atomic E-state index is 13.1. The van der Waals surface area contributed by atoms with Gasteiger partial charge < -0.3 is 81.6 Å². The van der Waals surface area contributed by atoms with E-state index < -0.39 is 45.0 Å². The number of aliphatic hydroxyl groups is 1. The molecule has 690 valence electrons. The van der Waals surface area contributed by atoms with Crippen LogP contribution in [0.5, 0.6) is 0 Å². The molecule has 0 saturated carbocycles. The normalized spacial score (nSPS) is 22.3. The van der Waals surface area contributed by atoms with E-state index in [9.17, 15) is 38.4 Å². The summed E-state index contributed by atoms with van der Waals surface area (Å²) in [5.41, 5.74) is -2.40. The van der Waals surface area contributed by atoms with Gasteiger partial charge >= 0.3 is 89.6 Å². The molecule has 0 radical (unpaired) electrons. The van der Waals surface area contributed by atoms with Crippen molar-refractivity contribution >= 4 is 185 Å². The summed E-state index contributed by atoms with van der Waals surface area (Å²) in [4.78, 5) is 155. The van der Waals surface area contributed by atoms with Crippen LogP contribution in [-0.4, -0.2) is 229 Å². The number of amides is 7. The number of halogens is 5. The van der Waals surface area contributed by atoms with Gasteiger partial charge in [0.1, 0.15) is 78.4 Å². The van der Waals surface area contributed by atoms with E-state index in [1.54, 1.807) is 35.3 Å². The number of likely N-dealkylation sites (tertiary alicyclic amines) is 6. The molecule has 0 unspecified atom stereocenters. The van der Waals surface area contributed by atoms with Gasteiger partial charge in [0.15, 0.2) is 12.6 Å². The van der Waals surface area contributed by atoms with Crippen LogP contribution in [0.25, 0.3) is 0 Å². The molecule has 4 aromatic rings. The van der Waals surface area contributed by atoms with Crippen LogP contribution in [0.1, 0.15) is 312 Å². The molecular formula is C81H134I5N15Na2O19S. The molecule has 123 heavy (non-hydrogen) atoms. The molecule has 10 rings (SSSR count). The predicted octanol–water partition coefficient (Wildman–Crippen LogP) is 11.5. The van der Waals surface area contributed by atoms with Crippen LogP contribution in [0.15, 0.2) is 18.6 Å². The van der Waals surface area contributed by atoms with Gasteiger partial charge in [0.05, 0.1) is 52.8 Å². The largest absolute Gasteiger partial charge is 1.00 e. The van der Waals surface area contributed by atoms with Gasteiger partial charge in [-0.05, 0) is 341 Å². The number of nitrogens with one attached hydrogen (secondary N) is 5. The summed E-state index contributed by atoms with van der Waals surface area (Å²) in [6, 6.07) is 0.00577. The van der Waals surface area contributed by atoms with Crippen molar-refractivity contribution in [2.75, 3.05) is 6.61 Å². The van der Waals surface area contributed by atoms with Gasteiger partial charge in [0, 0.05) is 55.1 Å². The molecular weight excluding hydrogens is 2200 g/mol. The average molecular weight is 2330 g/mol. The number of imidazole rings is 4. The smallest absolute Gasteiger partial charge is 0.917 e. The average Bonchev–Trinajstić information content (AvgIpc) is 1.66. The van der Waals surface area contributed by atoms with E-state index in [-0.39, 0.29) is 214 Å². The fourth-order valence-corrected chi connectivity index (χ4v) is 15.8. The van der Waals surface area contributed by atoms with Crippen molar-refractivity contribution in [1.82, 2.24) is 74.6 Å².